The number of nitrogens with one attached hydrogen (secondary N) is 2. The number of hydrazine groups is 1. The molecular weight excluding hydrogens is 306 g/mol. The SMILES string of the molecule is O=C(NNC(=O)C(F)(F)C1(O)CCC1)c1ccc(Cl)cc1. The Hall–Kier alpha value is -1.73. The molecule has 0 spiro atoms. The Labute approximate surface area is 124 Å². The van der Waals surface area contributed by atoms with Gasteiger partial charge in [0.15, 0.2) is 0 Å². The van der Waals surface area contributed by atoms with Gasteiger partial charge in [0.2, 0.25) is 0 Å². The lowest BCUT2D eigenvalue weighted by Gasteiger charge is -2.41. The summed E-state index contributed by atoms with van der Waals surface area (Å²) in [7, 11) is 0. The lowest BCUT2D eigenvalue weighted by Crippen LogP contribution is -2.62. The first-order valence-corrected chi connectivity index (χ1v) is 6.61. The van der Waals surface area contributed by atoms with Crippen molar-refractivity contribution in [3.63, 3.8) is 0 Å². The summed E-state index contributed by atoms with van der Waals surface area (Å²) < 4.78 is 27.4. The fourth-order valence-corrected chi connectivity index (χ4v) is 2.03. The van der Waals surface area contributed by atoms with Gasteiger partial charge < -0.3 is 5.11 Å². The van der Waals surface area contributed by atoms with Crippen molar-refractivity contribution in [1.82, 2.24) is 10.9 Å². The summed E-state index contributed by atoms with van der Waals surface area (Å²) in [4.78, 5) is 23.1. The van der Waals surface area contributed by atoms with E-state index in [2.05, 4.69) is 0 Å². The zero-order valence-corrected chi connectivity index (χ0v) is 11.6. The van der Waals surface area contributed by atoms with Gasteiger partial charge in [0.05, 0.1) is 0 Å². The molecule has 0 saturated heterocycles. The highest BCUT2D eigenvalue weighted by atomic mass is 35.5. The monoisotopic (exact) mass is 318 g/mol. The number of alkyl halides is 2. The van der Waals surface area contributed by atoms with Crippen LogP contribution in [0.15, 0.2) is 24.3 Å². The molecule has 0 radical (unpaired) electrons. The van der Waals surface area contributed by atoms with E-state index in [9.17, 15) is 23.5 Å². The number of benzene rings is 1. The molecule has 1 fully saturated rings. The Balaban J connectivity index is 1.94. The maximum absolute atomic E-state index is 13.7. The molecule has 0 heterocycles. The average molecular weight is 319 g/mol. The summed E-state index contributed by atoms with van der Waals surface area (Å²) in [5.41, 5.74) is 1.31. The van der Waals surface area contributed by atoms with Crippen LogP contribution in [0.1, 0.15) is 29.6 Å². The molecule has 0 atom stereocenters. The van der Waals surface area contributed by atoms with Crippen LogP contribution in [0.3, 0.4) is 0 Å². The molecule has 21 heavy (non-hydrogen) atoms. The molecule has 2 rings (SSSR count). The summed E-state index contributed by atoms with van der Waals surface area (Å²) in [6.45, 7) is 0. The van der Waals surface area contributed by atoms with E-state index in [4.69, 9.17) is 11.6 Å². The molecular formula is C13H13ClF2N2O3. The Bertz CT molecular complexity index is 559. The van der Waals surface area contributed by atoms with Gasteiger partial charge >= 0.3 is 11.8 Å². The van der Waals surface area contributed by atoms with Crippen molar-refractivity contribution >= 4 is 23.4 Å². The van der Waals surface area contributed by atoms with E-state index in [-0.39, 0.29) is 18.4 Å². The fourth-order valence-electron chi connectivity index (χ4n) is 1.90. The van der Waals surface area contributed by atoms with Crippen LogP contribution in [0.25, 0.3) is 0 Å². The number of rotatable bonds is 3. The van der Waals surface area contributed by atoms with Gasteiger partial charge in [-0.1, -0.05) is 11.6 Å². The third-order valence-electron chi connectivity index (χ3n) is 3.45. The number of hydrogen-bond acceptors (Lipinski definition) is 3. The van der Waals surface area contributed by atoms with E-state index in [0.29, 0.717) is 11.4 Å². The van der Waals surface area contributed by atoms with Crippen LogP contribution in [-0.2, 0) is 4.79 Å². The molecule has 1 aromatic carbocycles. The third kappa shape index (κ3) is 2.98. The van der Waals surface area contributed by atoms with Gasteiger partial charge in [-0.2, -0.15) is 8.78 Å². The fraction of sp³-hybridized carbons (Fsp3) is 0.385. The van der Waals surface area contributed by atoms with Gasteiger partial charge in [0.25, 0.3) is 5.91 Å². The van der Waals surface area contributed by atoms with Crippen LogP contribution in [0.2, 0.25) is 5.02 Å². The quantitative estimate of drug-likeness (QED) is 0.742. The van der Waals surface area contributed by atoms with Crippen molar-refractivity contribution in [3.05, 3.63) is 34.9 Å². The molecule has 0 aliphatic heterocycles. The number of hydrogen-bond donors (Lipinski definition) is 3. The first-order chi connectivity index (χ1) is 9.76. The van der Waals surface area contributed by atoms with Crippen LogP contribution in [-0.4, -0.2) is 28.4 Å². The van der Waals surface area contributed by atoms with Crippen LogP contribution >= 0.6 is 11.6 Å². The molecule has 1 saturated carbocycles. The zero-order chi connectivity index (χ0) is 15.7. The second kappa shape index (κ2) is 5.57. The van der Waals surface area contributed by atoms with Crippen LogP contribution in [0.4, 0.5) is 8.78 Å². The summed E-state index contributed by atoms with van der Waals surface area (Å²) >= 11 is 5.65. The highest BCUT2D eigenvalue weighted by Gasteiger charge is 2.61. The second-order valence-electron chi connectivity index (χ2n) is 4.87. The maximum Gasteiger partial charge on any atom is 0.354 e. The van der Waals surface area contributed by atoms with E-state index in [1.165, 1.54) is 24.3 Å². The van der Waals surface area contributed by atoms with Gasteiger partial charge in [0.1, 0.15) is 5.60 Å². The maximum atomic E-state index is 13.7. The number of aliphatic hydroxyl groups is 1. The van der Waals surface area contributed by atoms with Crippen molar-refractivity contribution < 1.29 is 23.5 Å². The smallest absolute Gasteiger partial charge is 0.354 e. The molecule has 114 valence electrons. The normalized spacial score (nSPS) is 16.8. The Kier molecular flexibility index (Phi) is 4.15. The molecule has 0 aromatic heterocycles. The van der Waals surface area contributed by atoms with Gasteiger partial charge in [0, 0.05) is 10.6 Å². The van der Waals surface area contributed by atoms with E-state index in [1.54, 1.807) is 5.43 Å². The standard InChI is InChI=1S/C13H13ClF2N2O3/c14-9-4-2-8(3-5-9)10(19)17-18-11(20)13(15,16)12(21)6-1-7-12/h2-5,21H,1,6-7H2,(H,17,19)(H,18,20). The average Bonchev–Trinajstić information content (AvgIpc) is 2.42. The van der Waals surface area contributed by atoms with Crippen LogP contribution < -0.4 is 10.9 Å². The van der Waals surface area contributed by atoms with E-state index in [1.807, 2.05) is 5.43 Å². The van der Waals surface area contributed by atoms with Gasteiger partial charge in [-0.15, -0.1) is 0 Å². The highest BCUT2D eigenvalue weighted by molar-refractivity contribution is 6.30. The number of amides is 2. The summed E-state index contributed by atoms with van der Waals surface area (Å²) in [5, 5.41) is 9.99. The minimum Gasteiger partial charge on any atom is -0.383 e. The molecule has 8 heteroatoms. The Morgan fingerprint density at radius 1 is 1.19 bits per heavy atom. The molecule has 0 bridgehead atoms. The Morgan fingerprint density at radius 3 is 2.24 bits per heavy atom. The zero-order valence-electron chi connectivity index (χ0n) is 10.8. The van der Waals surface area contributed by atoms with Crippen molar-refractivity contribution in [1.29, 1.82) is 0 Å². The number of carbonyl (C=O) groups is 2. The van der Waals surface area contributed by atoms with Gasteiger partial charge in [-0.3, -0.25) is 20.4 Å². The lowest BCUT2D eigenvalue weighted by atomic mass is 9.75. The third-order valence-corrected chi connectivity index (χ3v) is 3.70. The van der Waals surface area contributed by atoms with E-state index in [0.717, 1.165) is 0 Å². The Morgan fingerprint density at radius 2 is 1.76 bits per heavy atom. The first kappa shape index (κ1) is 15.7. The van der Waals surface area contributed by atoms with Crippen molar-refractivity contribution in [3.8, 4) is 0 Å². The predicted octanol–water partition coefficient (Wildman–Crippen LogP) is 1.65. The van der Waals surface area contributed by atoms with Gasteiger partial charge in [-0.25, -0.2) is 0 Å². The lowest BCUT2D eigenvalue weighted by molar-refractivity contribution is -0.216. The van der Waals surface area contributed by atoms with Crippen molar-refractivity contribution in [2.24, 2.45) is 0 Å². The minimum absolute atomic E-state index is 0.144. The molecule has 1 aromatic rings. The van der Waals surface area contributed by atoms with Crippen molar-refractivity contribution in [2.45, 2.75) is 30.8 Å². The number of carbonyl (C=O) groups excluding carboxylic acids is 2. The van der Waals surface area contributed by atoms with Crippen LogP contribution in [0.5, 0.6) is 0 Å². The summed E-state index contributed by atoms with van der Waals surface area (Å²) in [6, 6.07) is 5.65. The molecule has 2 amide bonds. The molecule has 1 aliphatic carbocycles. The minimum atomic E-state index is -3.96. The topological polar surface area (TPSA) is 78.4 Å². The second-order valence-corrected chi connectivity index (χ2v) is 5.31. The molecule has 1 aliphatic rings. The summed E-state index contributed by atoms with van der Waals surface area (Å²) in [6.07, 6.45) is 0.119. The molecule has 5 nitrogen and oxygen atoms in total. The van der Waals surface area contributed by atoms with Gasteiger partial charge in [-0.05, 0) is 43.5 Å². The molecule has 0 unspecified atom stereocenters. The molecule has 3 N–H and O–H groups in total. The largest absolute Gasteiger partial charge is 0.383 e. The van der Waals surface area contributed by atoms with E-state index >= 15 is 0 Å². The predicted molar refractivity (Wildman–Crippen MR) is 70.8 cm³/mol. The first-order valence-electron chi connectivity index (χ1n) is 6.23. The number of halogens is 3. The highest BCUT2D eigenvalue weighted by Crippen LogP contribution is 2.44. The van der Waals surface area contributed by atoms with E-state index < -0.39 is 23.3 Å². The van der Waals surface area contributed by atoms with Crippen LogP contribution in [0, 0.1) is 0 Å². The summed E-state index contributed by atoms with van der Waals surface area (Å²) in [5.74, 6) is -6.47. The van der Waals surface area contributed by atoms with Crippen molar-refractivity contribution in [2.75, 3.05) is 0 Å².